The van der Waals surface area contributed by atoms with Gasteiger partial charge in [0.05, 0.1) is 4.92 Å². The van der Waals surface area contributed by atoms with Crippen LogP contribution >= 0.6 is 23.4 Å². The van der Waals surface area contributed by atoms with Gasteiger partial charge < -0.3 is 4.90 Å². The molecular formula is C20H23ClN4O2S. The molecule has 2 aromatic rings. The monoisotopic (exact) mass is 418 g/mol. The number of hydrogen-bond acceptors (Lipinski definition) is 6. The first-order valence-corrected chi connectivity index (χ1v) is 10.5. The number of nitrogens with zero attached hydrogens (tertiary/aromatic N) is 4. The highest BCUT2D eigenvalue weighted by Crippen LogP contribution is 2.54. The maximum atomic E-state index is 12.0. The van der Waals surface area contributed by atoms with Gasteiger partial charge in [0, 0.05) is 22.5 Å². The van der Waals surface area contributed by atoms with Gasteiger partial charge in [-0.05, 0) is 54.4 Å². The lowest BCUT2D eigenvalue weighted by atomic mass is 9.65. The van der Waals surface area contributed by atoms with E-state index in [4.69, 9.17) is 11.6 Å². The largest absolute Gasteiger partial charge is 0.347 e. The molecule has 0 amide bonds. The van der Waals surface area contributed by atoms with E-state index in [-0.39, 0.29) is 27.5 Å². The quantitative estimate of drug-likeness (QED) is 0.366. The second kappa shape index (κ2) is 6.88. The van der Waals surface area contributed by atoms with Gasteiger partial charge in [0.15, 0.2) is 5.03 Å². The van der Waals surface area contributed by atoms with E-state index in [1.54, 1.807) is 12.1 Å². The molecule has 2 aliphatic rings. The second-order valence-corrected chi connectivity index (χ2v) is 10.5. The fraction of sp³-hybridized carbons (Fsp3) is 0.500. The van der Waals surface area contributed by atoms with Gasteiger partial charge in [-0.2, -0.15) is 0 Å². The minimum Gasteiger partial charge on any atom is -0.347 e. The molecule has 1 aliphatic carbocycles. The normalized spacial score (nSPS) is 25.7. The maximum absolute atomic E-state index is 12.0. The average Bonchev–Trinajstić information content (AvgIpc) is 2.85. The first-order valence-electron chi connectivity index (χ1n) is 9.35. The van der Waals surface area contributed by atoms with Crippen molar-refractivity contribution in [3.8, 4) is 0 Å². The molecule has 2 unspecified atom stereocenters. The van der Waals surface area contributed by atoms with Gasteiger partial charge in [-0.25, -0.2) is 9.97 Å². The Morgan fingerprint density at radius 1 is 1.21 bits per heavy atom. The van der Waals surface area contributed by atoms with Gasteiger partial charge in [-0.1, -0.05) is 44.1 Å². The predicted molar refractivity (Wildman–Crippen MR) is 111 cm³/mol. The molecule has 1 aromatic heterocycles. The van der Waals surface area contributed by atoms with Crippen LogP contribution in [0.1, 0.15) is 40.0 Å². The van der Waals surface area contributed by atoms with Crippen LogP contribution < -0.4 is 4.90 Å². The predicted octanol–water partition coefficient (Wildman–Crippen LogP) is 5.59. The Labute approximate surface area is 173 Å². The molecule has 0 N–H and O–H groups in total. The zero-order chi connectivity index (χ0) is 20.1. The van der Waals surface area contributed by atoms with Crippen LogP contribution in [0.25, 0.3) is 0 Å². The summed E-state index contributed by atoms with van der Waals surface area (Å²) >= 11 is 7.22. The first kappa shape index (κ1) is 19.5. The minimum absolute atomic E-state index is 0.00333. The summed E-state index contributed by atoms with van der Waals surface area (Å²) in [6.07, 6.45) is 4.63. The molecule has 2 bridgehead atoms. The summed E-state index contributed by atoms with van der Waals surface area (Å²) < 4.78 is 0. The van der Waals surface area contributed by atoms with Crippen molar-refractivity contribution in [2.24, 2.45) is 10.8 Å². The standard InChI is InChI=1S/C20H23ClN4O2S/c1-19(2)8-14-9-20(3,10-19)11-24(14)17-16(25(26)27)18(23-12-22-17)28-15-6-4-13(21)5-7-15/h4-7,12,14H,8-11H2,1-3H3. The number of hydrogen-bond donors (Lipinski definition) is 0. The Kier molecular flexibility index (Phi) is 4.78. The smallest absolute Gasteiger partial charge is 0.343 e. The molecule has 28 heavy (non-hydrogen) atoms. The molecule has 2 heterocycles. The number of fused-ring (bicyclic) bond motifs is 2. The van der Waals surface area contributed by atoms with E-state index in [2.05, 4.69) is 35.6 Å². The zero-order valence-electron chi connectivity index (χ0n) is 16.2. The molecular weight excluding hydrogens is 396 g/mol. The summed E-state index contributed by atoms with van der Waals surface area (Å²) in [5.74, 6) is 0.447. The lowest BCUT2D eigenvalue weighted by molar-refractivity contribution is -0.387. The van der Waals surface area contributed by atoms with E-state index < -0.39 is 0 Å². The fourth-order valence-electron chi connectivity index (χ4n) is 5.12. The molecule has 4 rings (SSSR count). The summed E-state index contributed by atoms with van der Waals surface area (Å²) in [4.78, 5) is 23.3. The average molecular weight is 419 g/mol. The van der Waals surface area contributed by atoms with Gasteiger partial charge in [0.1, 0.15) is 6.33 Å². The molecule has 1 saturated carbocycles. The third kappa shape index (κ3) is 3.70. The van der Waals surface area contributed by atoms with Crippen LogP contribution in [-0.4, -0.2) is 27.5 Å². The van der Waals surface area contributed by atoms with Gasteiger partial charge in [-0.3, -0.25) is 10.1 Å². The van der Waals surface area contributed by atoms with E-state index in [9.17, 15) is 10.1 Å². The molecule has 1 aromatic carbocycles. The van der Waals surface area contributed by atoms with E-state index in [1.165, 1.54) is 18.1 Å². The topological polar surface area (TPSA) is 72.2 Å². The summed E-state index contributed by atoms with van der Waals surface area (Å²) in [5, 5.41) is 13.0. The van der Waals surface area contributed by atoms with Crippen LogP contribution in [0.5, 0.6) is 0 Å². The summed E-state index contributed by atoms with van der Waals surface area (Å²) in [6, 6.07) is 7.49. The number of nitro groups is 1. The zero-order valence-corrected chi connectivity index (χ0v) is 17.8. The van der Waals surface area contributed by atoms with Crippen molar-refractivity contribution < 1.29 is 4.92 Å². The van der Waals surface area contributed by atoms with Crippen LogP contribution in [0.3, 0.4) is 0 Å². The van der Waals surface area contributed by atoms with Crippen LogP contribution in [0.15, 0.2) is 40.5 Å². The highest BCUT2D eigenvalue weighted by Gasteiger charge is 2.51. The second-order valence-electron chi connectivity index (χ2n) is 9.01. The van der Waals surface area contributed by atoms with Crippen molar-refractivity contribution in [3.05, 3.63) is 45.7 Å². The van der Waals surface area contributed by atoms with Crippen molar-refractivity contribution in [1.82, 2.24) is 9.97 Å². The first-order chi connectivity index (χ1) is 13.2. The highest BCUT2D eigenvalue weighted by molar-refractivity contribution is 7.99. The van der Waals surface area contributed by atoms with Crippen molar-refractivity contribution in [1.29, 1.82) is 0 Å². The molecule has 2 atom stereocenters. The van der Waals surface area contributed by atoms with Crippen molar-refractivity contribution in [3.63, 3.8) is 0 Å². The van der Waals surface area contributed by atoms with Crippen molar-refractivity contribution >= 4 is 34.9 Å². The molecule has 6 nitrogen and oxygen atoms in total. The third-order valence-corrected chi connectivity index (χ3v) is 6.92. The van der Waals surface area contributed by atoms with E-state index in [1.807, 2.05) is 12.1 Å². The molecule has 8 heteroatoms. The van der Waals surface area contributed by atoms with E-state index in [0.29, 0.717) is 15.9 Å². The Morgan fingerprint density at radius 2 is 1.93 bits per heavy atom. The van der Waals surface area contributed by atoms with Crippen LogP contribution in [-0.2, 0) is 0 Å². The molecule has 0 spiro atoms. The van der Waals surface area contributed by atoms with Gasteiger partial charge in [0.25, 0.3) is 0 Å². The Balaban J connectivity index is 1.72. The number of aromatic nitrogens is 2. The number of benzene rings is 1. The lowest BCUT2D eigenvalue weighted by Gasteiger charge is -2.39. The van der Waals surface area contributed by atoms with Crippen LogP contribution in [0.2, 0.25) is 5.02 Å². The summed E-state index contributed by atoms with van der Waals surface area (Å²) in [7, 11) is 0. The Hall–Kier alpha value is -1.86. The third-order valence-electron chi connectivity index (χ3n) is 5.67. The molecule has 0 radical (unpaired) electrons. The van der Waals surface area contributed by atoms with Crippen LogP contribution in [0, 0.1) is 20.9 Å². The Morgan fingerprint density at radius 3 is 2.61 bits per heavy atom. The lowest BCUT2D eigenvalue weighted by Crippen LogP contribution is -2.35. The SMILES string of the molecule is CC1(C)CC2CC(C)(CN2c2ncnc(Sc3ccc(Cl)cc3)c2[N+](=O)[O-])C1. The fourth-order valence-corrected chi connectivity index (χ4v) is 6.10. The number of rotatable bonds is 4. The Bertz CT molecular complexity index is 921. The highest BCUT2D eigenvalue weighted by atomic mass is 35.5. The van der Waals surface area contributed by atoms with Gasteiger partial charge in [0.2, 0.25) is 5.82 Å². The van der Waals surface area contributed by atoms with Crippen molar-refractivity contribution in [2.45, 2.75) is 56.0 Å². The minimum atomic E-state index is -0.344. The number of halogens is 1. The van der Waals surface area contributed by atoms with Crippen molar-refractivity contribution in [2.75, 3.05) is 11.4 Å². The number of anilines is 1. The van der Waals surface area contributed by atoms with E-state index in [0.717, 1.165) is 30.7 Å². The molecule has 1 aliphatic heterocycles. The molecule has 148 valence electrons. The molecule has 1 saturated heterocycles. The van der Waals surface area contributed by atoms with Gasteiger partial charge in [-0.15, -0.1) is 0 Å². The van der Waals surface area contributed by atoms with Crippen LogP contribution in [0.4, 0.5) is 11.5 Å². The summed E-state index contributed by atoms with van der Waals surface area (Å²) in [6.45, 7) is 7.66. The van der Waals surface area contributed by atoms with Gasteiger partial charge >= 0.3 is 5.69 Å². The maximum Gasteiger partial charge on any atom is 0.343 e. The molecule has 2 fully saturated rings. The van der Waals surface area contributed by atoms with E-state index >= 15 is 0 Å². The summed E-state index contributed by atoms with van der Waals surface area (Å²) in [5.41, 5.74) is 0.389.